The summed E-state index contributed by atoms with van der Waals surface area (Å²) in [5.41, 5.74) is 3.92. The van der Waals surface area contributed by atoms with Crippen LogP contribution in [-0.2, 0) is 12.8 Å². The molecule has 0 unspecified atom stereocenters. The second-order valence-corrected chi connectivity index (χ2v) is 7.46. The number of phenols is 1. The van der Waals surface area contributed by atoms with Crippen LogP contribution in [0.3, 0.4) is 0 Å². The molecule has 132 valence electrons. The highest BCUT2D eigenvalue weighted by Crippen LogP contribution is 2.37. The number of phenolic OH excluding ortho intramolecular Hbond substituents is 1. The highest BCUT2D eigenvalue weighted by molar-refractivity contribution is 6.23. The summed E-state index contributed by atoms with van der Waals surface area (Å²) < 4.78 is 0. The number of benzene rings is 5. The fourth-order valence-corrected chi connectivity index (χ4v) is 4.48. The summed E-state index contributed by atoms with van der Waals surface area (Å²) in [4.78, 5) is 0. The largest absolute Gasteiger partial charge is 0.508 e. The zero-order valence-electron chi connectivity index (χ0n) is 15.5. The van der Waals surface area contributed by atoms with E-state index in [1.165, 1.54) is 49.0 Å². The highest BCUT2D eigenvalue weighted by atomic mass is 16.3. The molecule has 0 heterocycles. The van der Waals surface area contributed by atoms with Crippen molar-refractivity contribution in [3.63, 3.8) is 0 Å². The quantitative estimate of drug-likeness (QED) is 0.352. The van der Waals surface area contributed by atoms with Gasteiger partial charge in [0.2, 0.25) is 0 Å². The van der Waals surface area contributed by atoms with Crippen molar-refractivity contribution < 1.29 is 5.11 Å². The molecule has 27 heavy (non-hydrogen) atoms. The first-order valence-electron chi connectivity index (χ1n) is 9.71. The molecule has 0 radical (unpaired) electrons. The molecular weight excluding hydrogens is 328 g/mol. The standard InChI is InChI=1S/C26H22O/c1-2-5-19-16-23(27)13-12-20(19)14-22-15-21-8-3-6-17-10-11-18-7-4-9-24(22)26(18)25(17)21/h3-4,6-13,15-16,27H,2,5,14H2,1H3. The van der Waals surface area contributed by atoms with Crippen LogP contribution in [0.2, 0.25) is 0 Å². The Balaban J connectivity index is 1.77. The number of hydrogen-bond acceptors (Lipinski definition) is 1. The number of aryl methyl sites for hydroxylation is 1. The van der Waals surface area contributed by atoms with Gasteiger partial charge >= 0.3 is 0 Å². The molecular formula is C26H22O. The molecule has 0 aromatic heterocycles. The first kappa shape index (κ1) is 16.1. The van der Waals surface area contributed by atoms with E-state index in [1.54, 1.807) is 0 Å². The van der Waals surface area contributed by atoms with E-state index in [4.69, 9.17) is 0 Å². The topological polar surface area (TPSA) is 20.2 Å². The zero-order chi connectivity index (χ0) is 18.4. The Hall–Kier alpha value is -3.06. The minimum absolute atomic E-state index is 0.358. The highest BCUT2D eigenvalue weighted by Gasteiger charge is 2.13. The molecule has 5 aromatic rings. The van der Waals surface area contributed by atoms with Crippen molar-refractivity contribution in [2.45, 2.75) is 26.2 Å². The summed E-state index contributed by atoms with van der Waals surface area (Å²) in [5.74, 6) is 0.358. The summed E-state index contributed by atoms with van der Waals surface area (Å²) >= 11 is 0. The molecule has 0 spiro atoms. The predicted octanol–water partition coefficient (Wildman–Crippen LogP) is 6.83. The maximum absolute atomic E-state index is 9.91. The van der Waals surface area contributed by atoms with E-state index in [9.17, 15) is 5.11 Å². The zero-order valence-corrected chi connectivity index (χ0v) is 15.5. The van der Waals surface area contributed by atoms with Crippen LogP contribution >= 0.6 is 0 Å². The Morgan fingerprint density at radius 1 is 0.667 bits per heavy atom. The molecule has 0 aliphatic heterocycles. The van der Waals surface area contributed by atoms with Gasteiger partial charge in [-0.25, -0.2) is 0 Å². The lowest BCUT2D eigenvalue weighted by Crippen LogP contribution is -1.97. The van der Waals surface area contributed by atoms with Gasteiger partial charge in [0.25, 0.3) is 0 Å². The van der Waals surface area contributed by atoms with E-state index in [-0.39, 0.29) is 0 Å². The van der Waals surface area contributed by atoms with Gasteiger partial charge in [0.05, 0.1) is 0 Å². The van der Waals surface area contributed by atoms with Gasteiger partial charge in [-0.05, 0) is 74.0 Å². The van der Waals surface area contributed by atoms with Gasteiger partial charge in [0, 0.05) is 0 Å². The molecule has 0 saturated heterocycles. The fraction of sp³-hybridized carbons (Fsp3) is 0.154. The van der Waals surface area contributed by atoms with E-state index in [0.717, 1.165) is 19.3 Å². The second-order valence-electron chi connectivity index (χ2n) is 7.46. The van der Waals surface area contributed by atoms with Crippen molar-refractivity contribution in [2.24, 2.45) is 0 Å². The van der Waals surface area contributed by atoms with Crippen LogP contribution in [-0.4, -0.2) is 5.11 Å². The third-order valence-corrected chi connectivity index (χ3v) is 5.68. The van der Waals surface area contributed by atoms with Gasteiger partial charge in [-0.15, -0.1) is 0 Å². The number of hydrogen-bond donors (Lipinski definition) is 1. The van der Waals surface area contributed by atoms with Crippen molar-refractivity contribution in [1.29, 1.82) is 0 Å². The molecule has 0 aliphatic carbocycles. The van der Waals surface area contributed by atoms with E-state index in [2.05, 4.69) is 67.6 Å². The van der Waals surface area contributed by atoms with Crippen LogP contribution in [0.15, 0.2) is 72.8 Å². The van der Waals surface area contributed by atoms with Gasteiger partial charge in [-0.2, -0.15) is 0 Å². The Morgan fingerprint density at radius 2 is 1.41 bits per heavy atom. The normalized spacial score (nSPS) is 11.7. The second kappa shape index (κ2) is 6.28. The molecule has 1 heteroatoms. The van der Waals surface area contributed by atoms with Crippen LogP contribution < -0.4 is 0 Å². The smallest absolute Gasteiger partial charge is 0.115 e. The molecule has 5 rings (SSSR count). The number of aromatic hydroxyl groups is 1. The summed E-state index contributed by atoms with van der Waals surface area (Å²) in [7, 11) is 0. The molecule has 0 fully saturated rings. The molecule has 5 aromatic carbocycles. The third kappa shape index (κ3) is 2.62. The summed E-state index contributed by atoms with van der Waals surface area (Å²) in [6, 6.07) is 25.8. The summed E-state index contributed by atoms with van der Waals surface area (Å²) in [6.07, 6.45) is 2.96. The maximum atomic E-state index is 9.91. The molecule has 1 nitrogen and oxygen atoms in total. The molecule has 0 bridgehead atoms. The fourth-order valence-electron chi connectivity index (χ4n) is 4.48. The predicted molar refractivity (Wildman–Crippen MR) is 115 cm³/mol. The minimum Gasteiger partial charge on any atom is -0.508 e. The first-order valence-corrected chi connectivity index (χ1v) is 9.71. The lowest BCUT2D eigenvalue weighted by Gasteiger charge is -2.16. The van der Waals surface area contributed by atoms with E-state index in [1.807, 2.05) is 12.1 Å². The molecule has 0 atom stereocenters. The lowest BCUT2D eigenvalue weighted by atomic mass is 9.88. The Kier molecular flexibility index (Phi) is 3.75. The van der Waals surface area contributed by atoms with Gasteiger partial charge in [-0.3, -0.25) is 0 Å². The Labute approximate surface area is 159 Å². The van der Waals surface area contributed by atoms with Gasteiger partial charge in [-0.1, -0.05) is 74.0 Å². The SMILES string of the molecule is CCCc1cc(O)ccc1Cc1cc2cccc3ccc4cccc1c4c32. The Morgan fingerprint density at radius 3 is 2.22 bits per heavy atom. The average molecular weight is 350 g/mol. The van der Waals surface area contributed by atoms with Gasteiger partial charge in [0.1, 0.15) is 5.75 Å². The van der Waals surface area contributed by atoms with E-state index >= 15 is 0 Å². The number of rotatable bonds is 4. The van der Waals surface area contributed by atoms with Crippen LogP contribution in [0.5, 0.6) is 5.75 Å². The van der Waals surface area contributed by atoms with Crippen LogP contribution in [0.4, 0.5) is 0 Å². The third-order valence-electron chi connectivity index (χ3n) is 5.68. The maximum Gasteiger partial charge on any atom is 0.115 e. The van der Waals surface area contributed by atoms with E-state index < -0.39 is 0 Å². The minimum atomic E-state index is 0.358. The molecule has 0 aliphatic rings. The van der Waals surface area contributed by atoms with Crippen molar-refractivity contribution in [3.05, 3.63) is 89.5 Å². The van der Waals surface area contributed by atoms with Crippen molar-refractivity contribution >= 4 is 32.3 Å². The van der Waals surface area contributed by atoms with Crippen molar-refractivity contribution in [3.8, 4) is 5.75 Å². The van der Waals surface area contributed by atoms with Gasteiger partial charge < -0.3 is 5.11 Å². The van der Waals surface area contributed by atoms with Crippen molar-refractivity contribution in [1.82, 2.24) is 0 Å². The molecule has 0 saturated carbocycles. The lowest BCUT2D eigenvalue weighted by molar-refractivity contribution is 0.474. The van der Waals surface area contributed by atoms with Crippen LogP contribution in [0, 0.1) is 0 Å². The molecule has 0 amide bonds. The monoisotopic (exact) mass is 350 g/mol. The van der Waals surface area contributed by atoms with Crippen LogP contribution in [0.1, 0.15) is 30.0 Å². The molecule has 1 N–H and O–H groups in total. The van der Waals surface area contributed by atoms with E-state index in [0.29, 0.717) is 5.75 Å². The van der Waals surface area contributed by atoms with Gasteiger partial charge in [0.15, 0.2) is 0 Å². The summed E-state index contributed by atoms with van der Waals surface area (Å²) in [6.45, 7) is 2.19. The Bertz CT molecular complexity index is 1270. The summed E-state index contributed by atoms with van der Waals surface area (Å²) in [5, 5.41) is 17.9. The average Bonchev–Trinajstić information content (AvgIpc) is 2.69. The van der Waals surface area contributed by atoms with Crippen LogP contribution in [0.25, 0.3) is 32.3 Å². The van der Waals surface area contributed by atoms with Crippen molar-refractivity contribution in [2.75, 3.05) is 0 Å². The first-order chi connectivity index (χ1) is 13.2.